The van der Waals surface area contributed by atoms with Crippen LogP contribution in [-0.2, 0) is 12.7 Å². The zero-order valence-corrected chi connectivity index (χ0v) is 20.7. The first-order chi connectivity index (χ1) is 19.0. The van der Waals surface area contributed by atoms with Crippen LogP contribution in [0.4, 0.5) is 30.7 Å². The fourth-order valence-corrected chi connectivity index (χ4v) is 4.34. The lowest BCUT2D eigenvalue weighted by Crippen LogP contribution is -2.30. The Morgan fingerprint density at radius 1 is 1.00 bits per heavy atom. The standard InChI is InChI=1S/C20H18F5N5O2.C6H4F2/c21-16(22)18-27-17(29-32-18)14-9-12(11-5-2-1-3-6-11)19(31)30(28-14)10-15-13(20(23,24)25)7-4-8-26-15;7-5-2-1-3-6(8)4-5/h4,7-9,11,16H,1-3,5-6,10H2;1-4H. The third kappa shape index (κ3) is 7.10. The van der Waals surface area contributed by atoms with Crippen LogP contribution in [0.3, 0.4) is 0 Å². The third-order valence-electron chi connectivity index (χ3n) is 6.19. The highest BCUT2D eigenvalue weighted by atomic mass is 19.4. The van der Waals surface area contributed by atoms with E-state index in [0.717, 1.165) is 55.0 Å². The summed E-state index contributed by atoms with van der Waals surface area (Å²) in [7, 11) is 0. The Hall–Kier alpha value is -4.10. The van der Waals surface area contributed by atoms with Gasteiger partial charge in [-0.25, -0.2) is 13.5 Å². The van der Waals surface area contributed by atoms with Gasteiger partial charge in [-0.3, -0.25) is 9.78 Å². The summed E-state index contributed by atoms with van der Waals surface area (Å²) in [5.74, 6) is -2.39. The van der Waals surface area contributed by atoms with E-state index >= 15 is 0 Å². The van der Waals surface area contributed by atoms with Crippen molar-refractivity contribution in [2.75, 3.05) is 0 Å². The van der Waals surface area contributed by atoms with E-state index in [1.54, 1.807) is 0 Å². The molecule has 1 aliphatic rings. The van der Waals surface area contributed by atoms with Gasteiger partial charge in [-0.05, 0) is 49.1 Å². The number of hydrogen-bond acceptors (Lipinski definition) is 6. The van der Waals surface area contributed by atoms with Crippen LogP contribution in [0.5, 0.6) is 0 Å². The fourth-order valence-electron chi connectivity index (χ4n) is 4.34. The number of benzene rings is 1. The highest BCUT2D eigenvalue weighted by molar-refractivity contribution is 5.49. The maximum absolute atomic E-state index is 13.4. The Balaban J connectivity index is 0.000000398. The second-order valence-corrected chi connectivity index (χ2v) is 8.97. The smallest absolute Gasteiger partial charge is 0.333 e. The van der Waals surface area contributed by atoms with Gasteiger partial charge in [0.1, 0.15) is 17.3 Å². The molecule has 0 radical (unpaired) electrons. The number of rotatable bonds is 5. The summed E-state index contributed by atoms with van der Waals surface area (Å²) in [6.45, 7) is -0.554. The van der Waals surface area contributed by atoms with Gasteiger partial charge in [-0.2, -0.15) is 32.0 Å². The van der Waals surface area contributed by atoms with Crippen molar-refractivity contribution >= 4 is 0 Å². The largest absolute Gasteiger partial charge is 0.418 e. The zero-order valence-electron chi connectivity index (χ0n) is 20.7. The Labute approximate surface area is 222 Å². The lowest BCUT2D eigenvalue weighted by Gasteiger charge is -2.22. The highest BCUT2D eigenvalue weighted by Crippen LogP contribution is 2.33. The summed E-state index contributed by atoms with van der Waals surface area (Å²) in [5, 5.41) is 7.55. The van der Waals surface area contributed by atoms with E-state index in [2.05, 4.69) is 24.7 Å². The summed E-state index contributed by atoms with van der Waals surface area (Å²) in [5.41, 5.74) is -1.63. The molecule has 0 amide bonds. The minimum Gasteiger partial charge on any atom is -0.333 e. The van der Waals surface area contributed by atoms with Crippen LogP contribution in [0.2, 0.25) is 0 Å². The van der Waals surface area contributed by atoms with E-state index in [1.165, 1.54) is 30.5 Å². The molecular formula is C26H22F7N5O2. The molecular weight excluding hydrogens is 547 g/mol. The Kier molecular flexibility index (Phi) is 8.95. The SMILES string of the molecule is Fc1cccc(F)c1.O=c1c(C2CCCCC2)cc(-c2noc(C(F)F)n2)nn1Cc1ncccc1C(F)(F)F. The summed E-state index contributed by atoms with van der Waals surface area (Å²) < 4.78 is 95.1. The molecule has 0 aliphatic heterocycles. The van der Waals surface area contributed by atoms with Crippen LogP contribution in [0.15, 0.2) is 58.0 Å². The number of pyridine rings is 1. The predicted octanol–water partition coefficient (Wildman–Crippen LogP) is 6.71. The van der Waals surface area contributed by atoms with Crippen molar-refractivity contribution in [3.05, 3.63) is 93.4 Å². The lowest BCUT2D eigenvalue weighted by molar-refractivity contribution is -0.138. The summed E-state index contributed by atoms with van der Waals surface area (Å²) in [6, 6.07) is 7.99. The molecule has 0 saturated heterocycles. The van der Waals surface area contributed by atoms with Crippen molar-refractivity contribution in [3.8, 4) is 11.5 Å². The van der Waals surface area contributed by atoms with Crippen LogP contribution in [0.25, 0.3) is 11.5 Å². The van der Waals surface area contributed by atoms with Crippen molar-refractivity contribution in [1.29, 1.82) is 0 Å². The topological polar surface area (TPSA) is 86.7 Å². The fraction of sp³-hybridized carbons (Fsp3) is 0.346. The molecule has 3 heterocycles. The van der Waals surface area contributed by atoms with Crippen LogP contribution >= 0.6 is 0 Å². The number of alkyl halides is 5. The number of halogens is 7. The van der Waals surface area contributed by atoms with E-state index < -0.39 is 47.8 Å². The van der Waals surface area contributed by atoms with Crippen molar-refractivity contribution in [2.45, 2.75) is 57.2 Å². The predicted molar refractivity (Wildman–Crippen MR) is 127 cm³/mol. The maximum Gasteiger partial charge on any atom is 0.418 e. The molecule has 0 atom stereocenters. The van der Waals surface area contributed by atoms with E-state index in [1.807, 2.05) is 0 Å². The molecule has 0 unspecified atom stereocenters. The molecule has 1 aliphatic carbocycles. The Bertz CT molecular complexity index is 1480. The molecule has 7 nitrogen and oxygen atoms in total. The van der Waals surface area contributed by atoms with Crippen LogP contribution in [0, 0.1) is 11.6 Å². The van der Waals surface area contributed by atoms with E-state index in [9.17, 15) is 35.5 Å². The molecule has 40 heavy (non-hydrogen) atoms. The Morgan fingerprint density at radius 2 is 1.70 bits per heavy atom. The summed E-state index contributed by atoms with van der Waals surface area (Å²) in [4.78, 5) is 20.5. The Morgan fingerprint density at radius 3 is 2.27 bits per heavy atom. The molecule has 0 N–H and O–H groups in total. The van der Waals surface area contributed by atoms with Gasteiger partial charge in [0.15, 0.2) is 0 Å². The van der Waals surface area contributed by atoms with E-state index in [4.69, 9.17) is 0 Å². The maximum atomic E-state index is 13.4. The first kappa shape index (κ1) is 28.9. The first-order valence-electron chi connectivity index (χ1n) is 12.2. The monoisotopic (exact) mass is 569 g/mol. The van der Waals surface area contributed by atoms with Crippen molar-refractivity contribution in [3.63, 3.8) is 0 Å². The molecule has 212 valence electrons. The quantitative estimate of drug-likeness (QED) is 0.249. The molecule has 1 saturated carbocycles. The molecule has 0 spiro atoms. The number of hydrogen-bond donors (Lipinski definition) is 0. The van der Waals surface area contributed by atoms with Gasteiger partial charge < -0.3 is 4.52 Å². The lowest BCUT2D eigenvalue weighted by atomic mass is 9.84. The minimum atomic E-state index is -4.67. The van der Waals surface area contributed by atoms with Gasteiger partial charge in [-0.1, -0.05) is 30.5 Å². The molecule has 1 aromatic carbocycles. The van der Waals surface area contributed by atoms with E-state index in [-0.39, 0.29) is 23.1 Å². The number of nitrogens with zero attached hydrogens (tertiary/aromatic N) is 5. The van der Waals surface area contributed by atoms with Crippen LogP contribution in [-0.4, -0.2) is 24.9 Å². The first-order valence-corrected chi connectivity index (χ1v) is 12.2. The molecule has 1 fully saturated rings. The van der Waals surface area contributed by atoms with Gasteiger partial charge in [0, 0.05) is 17.8 Å². The molecule has 0 bridgehead atoms. The van der Waals surface area contributed by atoms with Gasteiger partial charge in [0.05, 0.1) is 17.8 Å². The van der Waals surface area contributed by atoms with Crippen molar-refractivity contribution < 1.29 is 35.3 Å². The minimum absolute atomic E-state index is 0.0367. The molecule has 14 heteroatoms. The second kappa shape index (κ2) is 12.4. The summed E-state index contributed by atoms with van der Waals surface area (Å²) in [6.07, 6.45) is -2.20. The zero-order chi connectivity index (χ0) is 28.9. The van der Waals surface area contributed by atoms with Gasteiger partial charge in [0.25, 0.3) is 11.4 Å². The second-order valence-electron chi connectivity index (χ2n) is 8.97. The van der Waals surface area contributed by atoms with Crippen LogP contribution in [0.1, 0.15) is 67.2 Å². The average molecular weight is 569 g/mol. The average Bonchev–Trinajstić information content (AvgIpc) is 3.41. The van der Waals surface area contributed by atoms with E-state index in [0.29, 0.717) is 5.56 Å². The van der Waals surface area contributed by atoms with Crippen LogP contribution < -0.4 is 5.56 Å². The van der Waals surface area contributed by atoms with Crippen molar-refractivity contribution in [2.24, 2.45) is 0 Å². The third-order valence-corrected chi connectivity index (χ3v) is 6.19. The normalized spacial score (nSPS) is 14.2. The van der Waals surface area contributed by atoms with Gasteiger partial charge in [-0.15, -0.1) is 0 Å². The molecule has 4 aromatic rings. The molecule has 3 aromatic heterocycles. The number of aromatic nitrogens is 5. The van der Waals surface area contributed by atoms with Gasteiger partial charge in [0.2, 0.25) is 5.82 Å². The molecule has 5 rings (SSSR count). The summed E-state index contributed by atoms with van der Waals surface area (Å²) >= 11 is 0. The van der Waals surface area contributed by atoms with Gasteiger partial charge >= 0.3 is 12.6 Å². The highest BCUT2D eigenvalue weighted by Gasteiger charge is 2.34. The van der Waals surface area contributed by atoms with Crippen molar-refractivity contribution in [1.82, 2.24) is 24.9 Å².